The van der Waals surface area contributed by atoms with E-state index in [1.165, 1.54) is 12.6 Å². The summed E-state index contributed by atoms with van der Waals surface area (Å²) >= 11 is 0. The summed E-state index contributed by atoms with van der Waals surface area (Å²) in [5.74, 6) is 0.580. The molecular formula is C15H20N4O. The topological polar surface area (TPSA) is 97.9 Å². The number of pyridine rings is 1. The Morgan fingerprint density at radius 3 is 2.45 bits per heavy atom. The first kappa shape index (κ1) is 15.6. The number of ether oxygens (including phenoxy) is 1. The number of aromatic nitrogens is 1. The molecule has 0 atom stereocenters. The van der Waals surface area contributed by atoms with E-state index in [0.717, 1.165) is 0 Å². The third-order valence-corrected chi connectivity index (χ3v) is 2.46. The van der Waals surface area contributed by atoms with E-state index in [-0.39, 0.29) is 0 Å². The Kier molecular flexibility index (Phi) is 5.60. The molecule has 0 aliphatic carbocycles. The predicted octanol–water partition coefficient (Wildman–Crippen LogP) is 3.09. The minimum absolute atomic E-state index is 0.348. The molecule has 0 saturated heterocycles. The molecule has 106 valence electrons. The zero-order chi connectivity index (χ0) is 15.1. The highest BCUT2D eigenvalue weighted by Gasteiger charge is 2.09. The average Bonchev–Trinajstić information content (AvgIpc) is 2.42. The number of nitrogens with zero attached hydrogens (tertiary/aromatic N) is 2. The highest BCUT2D eigenvalue weighted by molar-refractivity contribution is 5.96. The van der Waals surface area contributed by atoms with Gasteiger partial charge in [-0.3, -0.25) is 4.98 Å². The molecule has 2 aromatic rings. The van der Waals surface area contributed by atoms with Gasteiger partial charge in [-0.2, -0.15) is 5.26 Å². The molecule has 20 heavy (non-hydrogen) atoms. The lowest BCUT2D eigenvalue weighted by molar-refractivity contribution is 0.342. The molecule has 0 saturated carbocycles. The van der Waals surface area contributed by atoms with Crippen LogP contribution in [0.5, 0.6) is 5.75 Å². The molecule has 0 bridgehead atoms. The van der Waals surface area contributed by atoms with Gasteiger partial charge in [-0.05, 0) is 13.0 Å². The lowest BCUT2D eigenvalue weighted by Crippen LogP contribution is -1.99. The van der Waals surface area contributed by atoms with Gasteiger partial charge in [0.15, 0.2) is 0 Å². The molecular weight excluding hydrogens is 252 g/mol. The fourth-order valence-electron chi connectivity index (χ4n) is 1.63. The first-order valence-corrected chi connectivity index (χ1v) is 6.59. The number of fused-ring (bicyclic) bond motifs is 1. The Morgan fingerprint density at radius 2 is 1.90 bits per heavy atom. The van der Waals surface area contributed by atoms with Crippen LogP contribution < -0.4 is 16.2 Å². The predicted molar refractivity (Wildman–Crippen MR) is 82.4 cm³/mol. The number of hydrogen-bond donors (Lipinski definition) is 2. The summed E-state index contributed by atoms with van der Waals surface area (Å²) in [7, 11) is 0. The number of nitrogen functional groups attached to an aromatic ring is 2. The molecule has 2 rings (SSSR count). The van der Waals surface area contributed by atoms with Crippen LogP contribution >= 0.6 is 0 Å². The first-order chi connectivity index (χ1) is 9.58. The smallest absolute Gasteiger partial charge is 0.144 e. The lowest BCUT2D eigenvalue weighted by Gasteiger charge is -2.09. The summed E-state index contributed by atoms with van der Waals surface area (Å²) in [4.78, 5) is 4.16. The largest absolute Gasteiger partial charge is 0.492 e. The molecule has 1 heterocycles. The molecule has 4 N–H and O–H groups in total. The van der Waals surface area contributed by atoms with Crippen molar-refractivity contribution in [1.82, 2.24) is 4.98 Å². The monoisotopic (exact) mass is 272 g/mol. The Balaban J connectivity index is 0.000000612. The summed E-state index contributed by atoms with van der Waals surface area (Å²) < 4.78 is 5.37. The van der Waals surface area contributed by atoms with Crippen molar-refractivity contribution in [2.24, 2.45) is 0 Å². The van der Waals surface area contributed by atoms with E-state index >= 15 is 0 Å². The molecule has 1 aromatic carbocycles. The van der Waals surface area contributed by atoms with Crippen molar-refractivity contribution in [3.8, 4) is 11.8 Å². The number of anilines is 2. The van der Waals surface area contributed by atoms with Gasteiger partial charge in [0.1, 0.15) is 11.8 Å². The first-order valence-electron chi connectivity index (χ1n) is 6.59. The molecule has 0 radical (unpaired) electrons. The van der Waals surface area contributed by atoms with Gasteiger partial charge in [-0.25, -0.2) is 0 Å². The second-order valence-electron chi connectivity index (χ2n) is 4.24. The minimum Gasteiger partial charge on any atom is -0.492 e. The standard InChI is InChI=1S/C12H12N4O.C3H8/c1-2-17-11-4-10-8(3-9(11)14)12(15)7(5-13)6-16-10;1-3-2/h3-4,6H,2,14H2,1H3,(H2,15,16);3H2,1-2H3. The molecule has 0 aliphatic rings. The van der Waals surface area contributed by atoms with Crippen LogP contribution in [-0.2, 0) is 0 Å². The van der Waals surface area contributed by atoms with Crippen LogP contribution in [0, 0.1) is 11.3 Å². The van der Waals surface area contributed by atoms with Crippen LogP contribution in [0.1, 0.15) is 32.8 Å². The van der Waals surface area contributed by atoms with Crippen molar-refractivity contribution in [2.75, 3.05) is 18.1 Å². The number of nitrogens with two attached hydrogens (primary N) is 2. The fraction of sp³-hybridized carbons (Fsp3) is 0.333. The van der Waals surface area contributed by atoms with Crippen molar-refractivity contribution >= 4 is 22.3 Å². The summed E-state index contributed by atoms with van der Waals surface area (Å²) in [5.41, 5.74) is 13.6. The SMILES string of the molecule is CCC.CCOc1cc2ncc(C#N)c(N)c2cc1N. The maximum absolute atomic E-state index is 8.86. The van der Waals surface area contributed by atoms with Gasteiger partial charge < -0.3 is 16.2 Å². The van der Waals surface area contributed by atoms with Crippen molar-refractivity contribution in [3.05, 3.63) is 23.9 Å². The summed E-state index contributed by atoms with van der Waals surface area (Å²) in [5, 5.41) is 9.53. The maximum atomic E-state index is 8.86. The third-order valence-electron chi connectivity index (χ3n) is 2.46. The molecule has 0 spiro atoms. The molecule has 5 heteroatoms. The van der Waals surface area contributed by atoms with Gasteiger partial charge in [0, 0.05) is 17.6 Å². The van der Waals surface area contributed by atoms with Gasteiger partial charge in [0.25, 0.3) is 0 Å². The van der Waals surface area contributed by atoms with Crippen LogP contribution in [-0.4, -0.2) is 11.6 Å². The van der Waals surface area contributed by atoms with Crippen molar-refractivity contribution in [3.63, 3.8) is 0 Å². The molecule has 1 aromatic heterocycles. The van der Waals surface area contributed by atoms with Crippen LogP contribution in [0.2, 0.25) is 0 Å². The number of nitriles is 1. The van der Waals surface area contributed by atoms with E-state index in [9.17, 15) is 0 Å². The third kappa shape index (κ3) is 3.29. The van der Waals surface area contributed by atoms with Gasteiger partial charge in [-0.1, -0.05) is 20.3 Å². The zero-order valence-corrected chi connectivity index (χ0v) is 12.1. The molecule has 0 fully saturated rings. The normalized spacial score (nSPS) is 9.50. The molecule has 0 amide bonds. The zero-order valence-electron chi connectivity index (χ0n) is 12.1. The van der Waals surface area contributed by atoms with Gasteiger partial charge >= 0.3 is 0 Å². The Bertz CT molecular complexity index is 632. The van der Waals surface area contributed by atoms with Crippen LogP contribution in [0.15, 0.2) is 18.3 Å². The van der Waals surface area contributed by atoms with Crippen LogP contribution in [0.4, 0.5) is 11.4 Å². The lowest BCUT2D eigenvalue weighted by atomic mass is 10.1. The Labute approximate surface area is 119 Å². The summed E-state index contributed by atoms with van der Waals surface area (Å²) in [6.45, 7) is 6.66. The summed E-state index contributed by atoms with van der Waals surface area (Å²) in [6, 6.07) is 5.40. The molecule has 5 nitrogen and oxygen atoms in total. The van der Waals surface area contributed by atoms with E-state index < -0.39 is 0 Å². The Hall–Kier alpha value is -2.48. The van der Waals surface area contributed by atoms with Crippen molar-refractivity contribution in [2.45, 2.75) is 27.2 Å². The van der Waals surface area contributed by atoms with Gasteiger partial charge in [0.2, 0.25) is 0 Å². The number of hydrogen-bond acceptors (Lipinski definition) is 5. The Morgan fingerprint density at radius 1 is 1.25 bits per heavy atom. The average molecular weight is 272 g/mol. The minimum atomic E-state index is 0.348. The van der Waals surface area contributed by atoms with E-state index in [1.54, 1.807) is 12.1 Å². The quantitative estimate of drug-likeness (QED) is 0.818. The fourth-order valence-corrected chi connectivity index (χ4v) is 1.63. The van der Waals surface area contributed by atoms with E-state index in [2.05, 4.69) is 18.8 Å². The van der Waals surface area contributed by atoms with Gasteiger partial charge in [-0.15, -0.1) is 0 Å². The van der Waals surface area contributed by atoms with Crippen LogP contribution in [0.3, 0.4) is 0 Å². The van der Waals surface area contributed by atoms with Crippen LogP contribution in [0.25, 0.3) is 10.9 Å². The van der Waals surface area contributed by atoms with Gasteiger partial charge in [0.05, 0.1) is 29.1 Å². The second kappa shape index (κ2) is 7.19. The van der Waals surface area contributed by atoms with E-state index in [4.69, 9.17) is 21.5 Å². The highest BCUT2D eigenvalue weighted by Crippen LogP contribution is 2.31. The summed E-state index contributed by atoms with van der Waals surface area (Å²) in [6.07, 6.45) is 2.70. The molecule has 0 unspecified atom stereocenters. The van der Waals surface area contributed by atoms with E-state index in [0.29, 0.717) is 40.2 Å². The molecule has 0 aliphatic heterocycles. The van der Waals surface area contributed by atoms with Crippen molar-refractivity contribution in [1.29, 1.82) is 5.26 Å². The number of rotatable bonds is 2. The maximum Gasteiger partial charge on any atom is 0.144 e. The van der Waals surface area contributed by atoms with E-state index in [1.807, 2.05) is 13.0 Å². The van der Waals surface area contributed by atoms with Crippen molar-refractivity contribution < 1.29 is 4.74 Å². The highest BCUT2D eigenvalue weighted by atomic mass is 16.5. The second-order valence-corrected chi connectivity index (χ2v) is 4.24. The number of benzene rings is 1.